The van der Waals surface area contributed by atoms with Gasteiger partial charge in [0.15, 0.2) is 0 Å². The Morgan fingerprint density at radius 3 is 2.47 bits per heavy atom. The zero-order chi connectivity index (χ0) is 10.8. The molecule has 1 saturated heterocycles. The molecular formula is C11H17N3O. The summed E-state index contributed by atoms with van der Waals surface area (Å²) in [7, 11) is 2.12. The van der Waals surface area contributed by atoms with E-state index in [1.54, 1.807) is 0 Å². The van der Waals surface area contributed by atoms with Crippen molar-refractivity contribution < 1.29 is 0 Å². The van der Waals surface area contributed by atoms with Gasteiger partial charge in [-0.15, -0.1) is 0 Å². The Morgan fingerprint density at radius 1 is 1.20 bits per heavy atom. The summed E-state index contributed by atoms with van der Waals surface area (Å²) in [6, 6.07) is 3.87. The number of aromatic nitrogens is 1. The number of H-pyrrole nitrogens is 1. The van der Waals surface area contributed by atoms with Crippen LogP contribution in [0.1, 0.15) is 5.56 Å². The molecule has 2 heterocycles. The Bertz CT molecular complexity index is 391. The predicted octanol–water partition coefficient (Wildman–Crippen LogP) is 0.435. The van der Waals surface area contributed by atoms with Gasteiger partial charge in [-0.1, -0.05) is 6.07 Å². The van der Waals surface area contributed by atoms with Crippen LogP contribution < -0.4 is 10.5 Å². The molecule has 1 fully saturated rings. The lowest BCUT2D eigenvalue weighted by molar-refractivity contribution is 0.312. The standard InChI is InChI=1S/C11H17N3O/c1-9-3-4-10(12-11(9)15)14-7-5-13(2)6-8-14/h3-4H,5-8H2,1-2H3,(H,12,15). The van der Waals surface area contributed by atoms with Gasteiger partial charge >= 0.3 is 0 Å². The predicted molar refractivity (Wildman–Crippen MR) is 61.5 cm³/mol. The second kappa shape index (κ2) is 4.06. The topological polar surface area (TPSA) is 39.3 Å². The normalized spacial score (nSPS) is 18.1. The summed E-state index contributed by atoms with van der Waals surface area (Å²) in [5.41, 5.74) is 0.791. The Morgan fingerprint density at radius 2 is 1.87 bits per heavy atom. The number of aryl methyl sites for hydroxylation is 1. The number of hydrogen-bond donors (Lipinski definition) is 1. The molecule has 82 valence electrons. The van der Waals surface area contributed by atoms with Crippen LogP contribution in [0.2, 0.25) is 0 Å². The molecule has 1 aromatic heterocycles. The molecule has 1 N–H and O–H groups in total. The monoisotopic (exact) mass is 207 g/mol. The van der Waals surface area contributed by atoms with Crippen molar-refractivity contribution in [2.24, 2.45) is 0 Å². The zero-order valence-corrected chi connectivity index (χ0v) is 9.29. The maximum Gasteiger partial charge on any atom is 0.252 e. The molecule has 0 atom stereocenters. The number of hydrogen-bond acceptors (Lipinski definition) is 3. The number of piperazine rings is 1. The average molecular weight is 207 g/mol. The molecule has 0 amide bonds. The zero-order valence-electron chi connectivity index (χ0n) is 9.29. The van der Waals surface area contributed by atoms with Crippen molar-refractivity contribution in [2.75, 3.05) is 38.1 Å². The lowest BCUT2D eigenvalue weighted by Crippen LogP contribution is -2.45. The van der Waals surface area contributed by atoms with Gasteiger partial charge in [0.05, 0.1) is 0 Å². The van der Waals surface area contributed by atoms with Gasteiger partial charge in [0.25, 0.3) is 5.56 Å². The summed E-state index contributed by atoms with van der Waals surface area (Å²) in [5.74, 6) is 0.943. The van der Waals surface area contributed by atoms with E-state index in [1.165, 1.54) is 0 Å². The lowest BCUT2D eigenvalue weighted by atomic mass is 10.3. The van der Waals surface area contributed by atoms with Gasteiger partial charge in [-0.25, -0.2) is 0 Å². The third kappa shape index (κ3) is 2.21. The van der Waals surface area contributed by atoms with Crippen LogP contribution in [0.25, 0.3) is 0 Å². The molecule has 0 aliphatic carbocycles. The van der Waals surface area contributed by atoms with Crippen molar-refractivity contribution >= 4 is 5.82 Å². The SMILES string of the molecule is Cc1ccc(N2CCN(C)CC2)[nH]c1=O. The van der Waals surface area contributed by atoms with Crippen LogP contribution >= 0.6 is 0 Å². The summed E-state index contributed by atoms with van der Waals surface area (Å²) >= 11 is 0. The van der Waals surface area contributed by atoms with Gasteiger partial charge in [-0.3, -0.25) is 4.79 Å². The second-order valence-corrected chi connectivity index (χ2v) is 4.15. The largest absolute Gasteiger partial charge is 0.356 e. The Hall–Kier alpha value is -1.29. The van der Waals surface area contributed by atoms with E-state index in [9.17, 15) is 4.79 Å². The molecule has 1 aliphatic rings. The first-order valence-electron chi connectivity index (χ1n) is 5.30. The first kappa shape index (κ1) is 10.2. The summed E-state index contributed by atoms with van der Waals surface area (Å²) in [4.78, 5) is 18.9. The van der Waals surface area contributed by atoms with Crippen LogP contribution in [0.5, 0.6) is 0 Å². The number of nitrogens with one attached hydrogen (secondary N) is 1. The van der Waals surface area contributed by atoms with Crippen LogP contribution in [0, 0.1) is 6.92 Å². The van der Waals surface area contributed by atoms with Gasteiger partial charge in [0.1, 0.15) is 5.82 Å². The Labute approximate surface area is 89.5 Å². The number of nitrogens with zero attached hydrogens (tertiary/aromatic N) is 2. The molecule has 2 rings (SSSR count). The van der Waals surface area contributed by atoms with Gasteiger partial charge in [0.2, 0.25) is 0 Å². The molecule has 0 spiro atoms. The molecule has 1 aromatic rings. The summed E-state index contributed by atoms with van der Waals surface area (Å²) in [6.07, 6.45) is 0. The quantitative estimate of drug-likeness (QED) is 0.726. The minimum absolute atomic E-state index is 0.0198. The number of aromatic amines is 1. The van der Waals surface area contributed by atoms with Crippen molar-refractivity contribution in [2.45, 2.75) is 6.92 Å². The van der Waals surface area contributed by atoms with Crippen LogP contribution in [-0.2, 0) is 0 Å². The van der Waals surface area contributed by atoms with E-state index in [2.05, 4.69) is 21.8 Å². The first-order valence-corrected chi connectivity index (χ1v) is 5.30. The molecule has 0 saturated carbocycles. The van der Waals surface area contributed by atoms with Crippen molar-refractivity contribution in [1.29, 1.82) is 0 Å². The van der Waals surface area contributed by atoms with Crippen molar-refractivity contribution in [3.63, 3.8) is 0 Å². The van der Waals surface area contributed by atoms with Crippen molar-refractivity contribution in [1.82, 2.24) is 9.88 Å². The molecule has 0 unspecified atom stereocenters. The van der Waals surface area contributed by atoms with Gasteiger partial charge < -0.3 is 14.8 Å². The highest BCUT2D eigenvalue weighted by Gasteiger charge is 2.14. The summed E-state index contributed by atoms with van der Waals surface area (Å²) < 4.78 is 0. The summed E-state index contributed by atoms with van der Waals surface area (Å²) in [6.45, 7) is 5.89. The highest BCUT2D eigenvalue weighted by atomic mass is 16.1. The molecular weight excluding hydrogens is 190 g/mol. The number of likely N-dealkylation sites (N-methyl/N-ethyl adjacent to an activating group) is 1. The van der Waals surface area contributed by atoms with Gasteiger partial charge in [-0.2, -0.15) is 0 Å². The van der Waals surface area contributed by atoms with Crippen molar-refractivity contribution in [3.8, 4) is 0 Å². The Kier molecular flexibility index (Phi) is 2.77. The van der Waals surface area contributed by atoms with Gasteiger partial charge in [-0.05, 0) is 20.0 Å². The fourth-order valence-electron chi connectivity index (χ4n) is 1.77. The van der Waals surface area contributed by atoms with Crippen LogP contribution in [0.3, 0.4) is 0 Å². The molecule has 1 aliphatic heterocycles. The van der Waals surface area contributed by atoms with E-state index >= 15 is 0 Å². The maximum absolute atomic E-state index is 11.5. The lowest BCUT2D eigenvalue weighted by Gasteiger charge is -2.33. The van der Waals surface area contributed by atoms with E-state index in [1.807, 2.05) is 19.1 Å². The third-order valence-corrected chi connectivity index (χ3v) is 2.93. The third-order valence-electron chi connectivity index (χ3n) is 2.93. The second-order valence-electron chi connectivity index (χ2n) is 4.15. The van der Waals surface area contributed by atoms with Crippen LogP contribution in [0.4, 0.5) is 5.82 Å². The van der Waals surface area contributed by atoms with E-state index in [0.29, 0.717) is 0 Å². The minimum Gasteiger partial charge on any atom is -0.356 e. The van der Waals surface area contributed by atoms with E-state index < -0.39 is 0 Å². The number of pyridine rings is 1. The highest BCUT2D eigenvalue weighted by molar-refractivity contribution is 5.39. The minimum atomic E-state index is 0.0198. The van der Waals surface area contributed by atoms with Gasteiger partial charge in [0, 0.05) is 31.7 Å². The van der Waals surface area contributed by atoms with E-state index in [0.717, 1.165) is 37.6 Å². The fourth-order valence-corrected chi connectivity index (χ4v) is 1.77. The number of anilines is 1. The molecule has 15 heavy (non-hydrogen) atoms. The van der Waals surface area contributed by atoms with E-state index in [-0.39, 0.29) is 5.56 Å². The Balaban J connectivity index is 2.16. The first-order chi connectivity index (χ1) is 7.16. The molecule has 0 aromatic carbocycles. The molecule has 4 heteroatoms. The molecule has 0 bridgehead atoms. The average Bonchev–Trinajstić information content (AvgIpc) is 2.23. The van der Waals surface area contributed by atoms with Crippen LogP contribution in [-0.4, -0.2) is 43.1 Å². The maximum atomic E-state index is 11.5. The van der Waals surface area contributed by atoms with E-state index in [4.69, 9.17) is 0 Å². The smallest absolute Gasteiger partial charge is 0.252 e. The van der Waals surface area contributed by atoms with Crippen LogP contribution in [0.15, 0.2) is 16.9 Å². The molecule has 4 nitrogen and oxygen atoms in total. The molecule has 0 radical (unpaired) electrons. The summed E-state index contributed by atoms with van der Waals surface area (Å²) in [5, 5.41) is 0. The highest BCUT2D eigenvalue weighted by Crippen LogP contribution is 2.10. The fraction of sp³-hybridized carbons (Fsp3) is 0.545. The number of rotatable bonds is 1. The van der Waals surface area contributed by atoms with Crippen molar-refractivity contribution in [3.05, 3.63) is 28.0 Å².